The number of anilines is 1. The third kappa shape index (κ3) is 5.29. The molecule has 102 valence electrons. The standard InChI is InChI=1S/C14H18ClN3O/c1-3-18(8-4-7-16)10-14(19)17-13-9-12(15)6-5-11(13)2/h5-6,9H,3-4,8,10H2,1-2H3,(H,17,19). The Kier molecular flexibility index (Phi) is 6.34. The Labute approximate surface area is 119 Å². The van der Waals surface area contributed by atoms with Crippen molar-refractivity contribution in [2.24, 2.45) is 0 Å². The molecule has 5 heteroatoms. The van der Waals surface area contributed by atoms with Crippen LogP contribution in [0.15, 0.2) is 18.2 Å². The van der Waals surface area contributed by atoms with Gasteiger partial charge in [0.05, 0.1) is 12.6 Å². The van der Waals surface area contributed by atoms with Crippen LogP contribution in [-0.2, 0) is 4.79 Å². The SMILES string of the molecule is CCN(CCC#N)CC(=O)Nc1cc(Cl)ccc1C. The first-order chi connectivity index (χ1) is 9.06. The molecule has 0 aromatic heterocycles. The largest absolute Gasteiger partial charge is 0.325 e. The van der Waals surface area contributed by atoms with E-state index in [2.05, 4.69) is 11.4 Å². The van der Waals surface area contributed by atoms with Gasteiger partial charge >= 0.3 is 0 Å². The maximum Gasteiger partial charge on any atom is 0.238 e. The highest BCUT2D eigenvalue weighted by Crippen LogP contribution is 2.20. The molecule has 1 rings (SSSR count). The maximum absolute atomic E-state index is 11.9. The minimum Gasteiger partial charge on any atom is -0.325 e. The lowest BCUT2D eigenvalue weighted by atomic mass is 10.2. The fourth-order valence-corrected chi connectivity index (χ4v) is 1.85. The van der Waals surface area contributed by atoms with Crippen LogP contribution in [0.4, 0.5) is 5.69 Å². The number of hydrogen-bond acceptors (Lipinski definition) is 3. The smallest absolute Gasteiger partial charge is 0.238 e. The van der Waals surface area contributed by atoms with Crippen molar-refractivity contribution in [1.29, 1.82) is 5.26 Å². The van der Waals surface area contributed by atoms with Crippen LogP contribution in [0.25, 0.3) is 0 Å². The molecular weight excluding hydrogens is 262 g/mol. The predicted octanol–water partition coefficient (Wildman–Crippen LogP) is 2.82. The summed E-state index contributed by atoms with van der Waals surface area (Å²) in [5, 5.41) is 12.0. The second kappa shape index (κ2) is 7.78. The second-order valence-corrected chi connectivity index (χ2v) is 4.72. The average Bonchev–Trinajstić information content (AvgIpc) is 2.38. The number of likely N-dealkylation sites (N-methyl/N-ethyl adjacent to an activating group) is 1. The van der Waals surface area contributed by atoms with Gasteiger partial charge in [-0.2, -0.15) is 5.26 Å². The number of nitrogens with one attached hydrogen (secondary N) is 1. The summed E-state index contributed by atoms with van der Waals surface area (Å²) in [6.07, 6.45) is 0.428. The Balaban J connectivity index is 2.59. The highest BCUT2D eigenvalue weighted by molar-refractivity contribution is 6.31. The fraction of sp³-hybridized carbons (Fsp3) is 0.429. The van der Waals surface area contributed by atoms with Gasteiger partial charge in [0.2, 0.25) is 5.91 Å². The monoisotopic (exact) mass is 279 g/mol. The minimum atomic E-state index is -0.0924. The van der Waals surface area contributed by atoms with Crippen molar-refractivity contribution in [3.05, 3.63) is 28.8 Å². The highest BCUT2D eigenvalue weighted by atomic mass is 35.5. The molecule has 0 bridgehead atoms. The Morgan fingerprint density at radius 3 is 2.89 bits per heavy atom. The van der Waals surface area contributed by atoms with E-state index in [4.69, 9.17) is 16.9 Å². The van der Waals surface area contributed by atoms with E-state index < -0.39 is 0 Å². The Hall–Kier alpha value is -1.57. The number of carbonyl (C=O) groups excluding carboxylic acids is 1. The van der Waals surface area contributed by atoms with Crippen molar-refractivity contribution in [3.8, 4) is 6.07 Å². The number of carbonyl (C=O) groups is 1. The van der Waals surface area contributed by atoms with E-state index >= 15 is 0 Å². The Morgan fingerprint density at radius 2 is 2.26 bits per heavy atom. The van der Waals surface area contributed by atoms with Gasteiger partial charge in [0.25, 0.3) is 0 Å². The molecule has 0 fully saturated rings. The minimum absolute atomic E-state index is 0.0924. The second-order valence-electron chi connectivity index (χ2n) is 4.28. The van der Waals surface area contributed by atoms with Gasteiger partial charge in [-0.1, -0.05) is 24.6 Å². The molecule has 0 saturated heterocycles. The normalized spacial score (nSPS) is 10.3. The van der Waals surface area contributed by atoms with Crippen LogP contribution < -0.4 is 5.32 Å². The zero-order valence-electron chi connectivity index (χ0n) is 11.2. The number of aryl methyl sites for hydroxylation is 1. The quantitative estimate of drug-likeness (QED) is 0.871. The number of nitriles is 1. The summed E-state index contributed by atoms with van der Waals surface area (Å²) in [4.78, 5) is 13.9. The summed E-state index contributed by atoms with van der Waals surface area (Å²) >= 11 is 5.90. The summed E-state index contributed by atoms with van der Waals surface area (Å²) in [5.74, 6) is -0.0924. The molecule has 1 aromatic carbocycles. The topological polar surface area (TPSA) is 56.1 Å². The number of nitrogens with zero attached hydrogens (tertiary/aromatic N) is 2. The molecule has 1 aromatic rings. The number of benzene rings is 1. The molecule has 0 heterocycles. The summed E-state index contributed by atoms with van der Waals surface area (Å²) < 4.78 is 0. The van der Waals surface area contributed by atoms with Crippen LogP contribution >= 0.6 is 11.6 Å². The number of rotatable bonds is 6. The van der Waals surface area contributed by atoms with Crippen LogP contribution in [0, 0.1) is 18.3 Å². The van der Waals surface area contributed by atoms with Crippen LogP contribution in [0.2, 0.25) is 5.02 Å². The molecule has 0 aliphatic heterocycles. The van der Waals surface area contributed by atoms with E-state index in [-0.39, 0.29) is 12.5 Å². The molecular formula is C14H18ClN3O. The van der Waals surface area contributed by atoms with Gasteiger partial charge in [0.15, 0.2) is 0 Å². The molecule has 1 amide bonds. The van der Waals surface area contributed by atoms with Crippen molar-refractivity contribution >= 4 is 23.2 Å². The van der Waals surface area contributed by atoms with Gasteiger partial charge in [-0.3, -0.25) is 9.69 Å². The van der Waals surface area contributed by atoms with Crippen LogP contribution in [0.3, 0.4) is 0 Å². The van der Waals surface area contributed by atoms with Gasteiger partial charge in [0.1, 0.15) is 0 Å². The predicted molar refractivity (Wildman–Crippen MR) is 77.2 cm³/mol. The lowest BCUT2D eigenvalue weighted by Crippen LogP contribution is -2.33. The molecule has 0 saturated carbocycles. The molecule has 0 aliphatic rings. The first kappa shape index (κ1) is 15.5. The summed E-state index contributed by atoms with van der Waals surface area (Å²) in [7, 11) is 0. The Bertz CT molecular complexity index is 482. The van der Waals surface area contributed by atoms with Gasteiger partial charge < -0.3 is 5.32 Å². The number of halogens is 1. The van der Waals surface area contributed by atoms with Crippen molar-refractivity contribution in [3.63, 3.8) is 0 Å². The van der Waals surface area contributed by atoms with Gasteiger partial charge in [-0.15, -0.1) is 0 Å². The fourth-order valence-electron chi connectivity index (χ4n) is 1.68. The molecule has 19 heavy (non-hydrogen) atoms. The molecule has 0 aliphatic carbocycles. The summed E-state index contributed by atoms with van der Waals surface area (Å²) in [5.41, 5.74) is 1.70. The first-order valence-corrected chi connectivity index (χ1v) is 6.60. The lowest BCUT2D eigenvalue weighted by molar-refractivity contribution is -0.117. The third-order valence-corrected chi connectivity index (χ3v) is 3.06. The van der Waals surface area contributed by atoms with E-state index in [1.165, 1.54) is 0 Å². The van der Waals surface area contributed by atoms with Crippen molar-refractivity contribution in [1.82, 2.24) is 4.90 Å². The molecule has 0 spiro atoms. The van der Waals surface area contributed by atoms with E-state index in [0.717, 1.165) is 17.8 Å². The highest BCUT2D eigenvalue weighted by Gasteiger charge is 2.10. The van der Waals surface area contributed by atoms with Gasteiger partial charge in [-0.05, 0) is 31.2 Å². The van der Waals surface area contributed by atoms with Crippen molar-refractivity contribution in [2.75, 3.05) is 25.0 Å². The number of hydrogen-bond donors (Lipinski definition) is 1. The maximum atomic E-state index is 11.9. The third-order valence-electron chi connectivity index (χ3n) is 2.83. The molecule has 0 radical (unpaired) electrons. The van der Waals surface area contributed by atoms with Crippen LogP contribution in [-0.4, -0.2) is 30.4 Å². The zero-order chi connectivity index (χ0) is 14.3. The van der Waals surface area contributed by atoms with E-state index in [0.29, 0.717) is 18.0 Å². The average molecular weight is 280 g/mol. The zero-order valence-corrected chi connectivity index (χ0v) is 12.0. The Morgan fingerprint density at radius 1 is 1.53 bits per heavy atom. The van der Waals surface area contributed by atoms with Gasteiger partial charge in [-0.25, -0.2) is 0 Å². The number of amides is 1. The van der Waals surface area contributed by atoms with Crippen LogP contribution in [0.5, 0.6) is 0 Å². The first-order valence-electron chi connectivity index (χ1n) is 6.22. The van der Waals surface area contributed by atoms with Crippen molar-refractivity contribution in [2.45, 2.75) is 20.3 Å². The molecule has 1 N–H and O–H groups in total. The summed E-state index contributed by atoms with van der Waals surface area (Å²) in [6.45, 7) is 5.51. The molecule has 0 atom stereocenters. The van der Waals surface area contributed by atoms with Gasteiger partial charge in [0, 0.05) is 23.7 Å². The van der Waals surface area contributed by atoms with E-state index in [1.807, 2.05) is 24.8 Å². The summed E-state index contributed by atoms with van der Waals surface area (Å²) in [6, 6.07) is 7.47. The van der Waals surface area contributed by atoms with E-state index in [1.54, 1.807) is 12.1 Å². The van der Waals surface area contributed by atoms with E-state index in [9.17, 15) is 4.79 Å². The van der Waals surface area contributed by atoms with Crippen molar-refractivity contribution < 1.29 is 4.79 Å². The van der Waals surface area contributed by atoms with Crippen LogP contribution in [0.1, 0.15) is 18.9 Å². The molecule has 0 unspecified atom stereocenters. The lowest BCUT2D eigenvalue weighted by Gasteiger charge is -2.18. The molecule has 4 nitrogen and oxygen atoms in total.